The second kappa shape index (κ2) is 6.87. The molecule has 1 N–H and O–H groups in total. The maximum absolute atomic E-state index is 12.4. The second-order valence-corrected chi connectivity index (χ2v) is 5.30. The molecule has 0 spiro atoms. The quantitative estimate of drug-likeness (QED) is 0.786. The maximum Gasteiger partial charge on any atom is 0.228 e. The summed E-state index contributed by atoms with van der Waals surface area (Å²) in [6.45, 7) is 0. The molecule has 0 fully saturated rings. The summed E-state index contributed by atoms with van der Waals surface area (Å²) >= 11 is 0. The molecule has 3 rings (SSSR count). The number of carbonyl (C=O) groups is 1. The van der Waals surface area contributed by atoms with Crippen LogP contribution in [0, 0.1) is 0 Å². The van der Waals surface area contributed by atoms with Gasteiger partial charge in [-0.25, -0.2) is 4.98 Å². The lowest BCUT2D eigenvalue weighted by molar-refractivity contribution is -0.121. The number of hydrogen-bond donors (Lipinski definition) is 1. The summed E-state index contributed by atoms with van der Waals surface area (Å²) in [7, 11) is 1.88. The molecule has 0 saturated heterocycles. The van der Waals surface area contributed by atoms with Gasteiger partial charge in [-0.2, -0.15) is 0 Å². The lowest BCUT2D eigenvalue weighted by atomic mass is 10.0. The topological polar surface area (TPSA) is 59.8 Å². The van der Waals surface area contributed by atoms with Gasteiger partial charge in [-0.3, -0.25) is 9.78 Å². The first-order valence-corrected chi connectivity index (χ1v) is 7.45. The SMILES string of the molecule is Cn1ccnc1CC(=O)NC(c1ccccc1)c1ccccn1. The minimum absolute atomic E-state index is 0.0844. The van der Waals surface area contributed by atoms with Crippen molar-refractivity contribution in [3.8, 4) is 0 Å². The Morgan fingerprint density at radius 3 is 2.52 bits per heavy atom. The van der Waals surface area contributed by atoms with Crippen LogP contribution in [-0.4, -0.2) is 20.4 Å². The van der Waals surface area contributed by atoms with Crippen molar-refractivity contribution in [2.24, 2.45) is 7.05 Å². The number of nitrogens with zero attached hydrogens (tertiary/aromatic N) is 3. The fraction of sp³-hybridized carbons (Fsp3) is 0.167. The van der Waals surface area contributed by atoms with Crippen molar-refractivity contribution >= 4 is 5.91 Å². The first kappa shape index (κ1) is 15.0. The van der Waals surface area contributed by atoms with Gasteiger partial charge >= 0.3 is 0 Å². The third-order valence-electron chi connectivity index (χ3n) is 3.66. The molecule has 1 aromatic carbocycles. The lowest BCUT2D eigenvalue weighted by Crippen LogP contribution is -2.31. The minimum Gasteiger partial charge on any atom is -0.343 e. The number of pyridine rings is 1. The van der Waals surface area contributed by atoms with Crippen molar-refractivity contribution in [1.82, 2.24) is 19.9 Å². The second-order valence-electron chi connectivity index (χ2n) is 5.30. The highest BCUT2D eigenvalue weighted by atomic mass is 16.1. The molecule has 1 unspecified atom stereocenters. The van der Waals surface area contributed by atoms with Gasteiger partial charge in [0.1, 0.15) is 5.82 Å². The number of hydrogen-bond acceptors (Lipinski definition) is 3. The number of carbonyl (C=O) groups excluding carboxylic acids is 1. The molecule has 3 aromatic rings. The van der Waals surface area contributed by atoms with E-state index in [-0.39, 0.29) is 18.4 Å². The number of amides is 1. The molecule has 1 amide bonds. The Labute approximate surface area is 135 Å². The van der Waals surface area contributed by atoms with Crippen LogP contribution in [0.25, 0.3) is 0 Å². The summed E-state index contributed by atoms with van der Waals surface area (Å²) < 4.78 is 1.85. The number of rotatable bonds is 5. The highest BCUT2D eigenvalue weighted by molar-refractivity contribution is 5.78. The number of benzene rings is 1. The van der Waals surface area contributed by atoms with Crippen LogP contribution in [0.1, 0.15) is 23.1 Å². The Hall–Kier alpha value is -2.95. The number of nitrogens with one attached hydrogen (secondary N) is 1. The Kier molecular flexibility index (Phi) is 4.47. The molecule has 5 heteroatoms. The van der Waals surface area contributed by atoms with Crippen LogP contribution < -0.4 is 5.32 Å². The highest BCUT2D eigenvalue weighted by Crippen LogP contribution is 2.20. The van der Waals surface area contributed by atoms with Crippen molar-refractivity contribution in [2.75, 3.05) is 0 Å². The molecule has 116 valence electrons. The number of aromatic nitrogens is 3. The summed E-state index contributed by atoms with van der Waals surface area (Å²) in [5, 5.41) is 3.06. The van der Waals surface area contributed by atoms with E-state index < -0.39 is 0 Å². The van der Waals surface area contributed by atoms with Crippen LogP contribution in [0.4, 0.5) is 0 Å². The van der Waals surface area contributed by atoms with E-state index in [1.807, 2.05) is 66.3 Å². The van der Waals surface area contributed by atoms with Crippen molar-refractivity contribution in [1.29, 1.82) is 0 Å². The van der Waals surface area contributed by atoms with Gasteiger partial charge in [0.05, 0.1) is 18.2 Å². The molecule has 0 aliphatic rings. The average Bonchev–Trinajstić information content (AvgIpc) is 2.99. The Bertz CT molecular complexity index is 728. The smallest absolute Gasteiger partial charge is 0.228 e. The Morgan fingerprint density at radius 1 is 1.09 bits per heavy atom. The zero-order valence-corrected chi connectivity index (χ0v) is 12.9. The molecule has 0 radical (unpaired) electrons. The maximum atomic E-state index is 12.4. The van der Waals surface area contributed by atoms with Gasteiger partial charge < -0.3 is 9.88 Å². The van der Waals surface area contributed by atoms with Crippen LogP contribution in [0.5, 0.6) is 0 Å². The first-order valence-electron chi connectivity index (χ1n) is 7.45. The highest BCUT2D eigenvalue weighted by Gasteiger charge is 2.18. The summed E-state index contributed by atoms with van der Waals surface area (Å²) in [5.41, 5.74) is 1.81. The van der Waals surface area contributed by atoms with Crippen LogP contribution in [-0.2, 0) is 18.3 Å². The van der Waals surface area contributed by atoms with Gasteiger partial charge in [0, 0.05) is 25.6 Å². The lowest BCUT2D eigenvalue weighted by Gasteiger charge is -2.18. The molecule has 0 saturated carbocycles. The molecule has 23 heavy (non-hydrogen) atoms. The summed E-state index contributed by atoms with van der Waals surface area (Å²) in [5.74, 6) is 0.647. The van der Waals surface area contributed by atoms with Crippen LogP contribution in [0.2, 0.25) is 0 Å². The summed E-state index contributed by atoms with van der Waals surface area (Å²) in [4.78, 5) is 21.0. The normalized spacial score (nSPS) is 11.9. The fourth-order valence-electron chi connectivity index (χ4n) is 2.44. The molecule has 5 nitrogen and oxygen atoms in total. The van der Waals surface area contributed by atoms with Gasteiger partial charge in [-0.1, -0.05) is 36.4 Å². The number of imidazole rings is 1. The Balaban J connectivity index is 1.82. The molecule has 2 aromatic heterocycles. The minimum atomic E-state index is -0.273. The van der Waals surface area contributed by atoms with E-state index in [9.17, 15) is 4.79 Å². The van der Waals surface area contributed by atoms with E-state index in [0.29, 0.717) is 0 Å². The zero-order chi connectivity index (χ0) is 16.1. The monoisotopic (exact) mass is 306 g/mol. The van der Waals surface area contributed by atoms with Gasteiger partial charge in [0.25, 0.3) is 0 Å². The molecule has 0 aliphatic carbocycles. The molecule has 0 aliphatic heterocycles. The van der Waals surface area contributed by atoms with Crippen molar-refractivity contribution < 1.29 is 4.79 Å². The Morgan fingerprint density at radius 2 is 1.87 bits per heavy atom. The summed E-state index contributed by atoms with van der Waals surface area (Å²) in [6.07, 6.45) is 5.49. The van der Waals surface area contributed by atoms with Crippen LogP contribution in [0.3, 0.4) is 0 Å². The van der Waals surface area contributed by atoms with E-state index in [4.69, 9.17) is 0 Å². The molecular formula is C18H18N4O. The van der Waals surface area contributed by atoms with E-state index in [1.54, 1.807) is 12.4 Å². The summed E-state index contributed by atoms with van der Waals surface area (Å²) in [6, 6.07) is 15.3. The molecule has 0 bridgehead atoms. The predicted molar refractivity (Wildman–Crippen MR) is 87.6 cm³/mol. The predicted octanol–water partition coefficient (Wildman–Crippen LogP) is 2.26. The molecule has 1 atom stereocenters. The van der Waals surface area contributed by atoms with Crippen molar-refractivity contribution in [3.63, 3.8) is 0 Å². The average molecular weight is 306 g/mol. The van der Waals surface area contributed by atoms with Gasteiger partial charge in [-0.05, 0) is 17.7 Å². The standard InChI is InChI=1S/C18H18N4O/c1-22-12-11-20-16(22)13-17(23)21-18(14-7-3-2-4-8-14)15-9-5-6-10-19-15/h2-12,18H,13H2,1H3,(H,21,23). The van der Waals surface area contributed by atoms with E-state index in [2.05, 4.69) is 15.3 Å². The van der Waals surface area contributed by atoms with Gasteiger partial charge in [0.2, 0.25) is 5.91 Å². The zero-order valence-electron chi connectivity index (χ0n) is 12.9. The fourth-order valence-corrected chi connectivity index (χ4v) is 2.44. The van der Waals surface area contributed by atoms with E-state index >= 15 is 0 Å². The third-order valence-corrected chi connectivity index (χ3v) is 3.66. The van der Waals surface area contributed by atoms with Crippen LogP contribution in [0.15, 0.2) is 67.1 Å². The van der Waals surface area contributed by atoms with E-state index in [0.717, 1.165) is 17.1 Å². The van der Waals surface area contributed by atoms with E-state index in [1.165, 1.54) is 0 Å². The molecule has 2 heterocycles. The number of aryl methyl sites for hydroxylation is 1. The van der Waals surface area contributed by atoms with Gasteiger partial charge in [0.15, 0.2) is 0 Å². The van der Waals surface area contributed by atoms with Gasteiger partial charge in [-0.15, -0.1) is 0 Å². The van der Waals surface area contributed by atoms with Crippen molar-refractivity contribution in [3.05, 3.63) is 84.2 Å². The first-order chi connectivity index (χ1) is 11.2. The van der Waals surface area contributed by atoms with Crippen LogP contribution >= 0.6 is 0 Å². The largest absolute Gasteiger partial charge is 0.343 e. The molecular weight excluding hydrogens is 288 g/mol. The third kappa shape index (κ3) is 3.63. The van der Waals surface area contributed by atoms with Crippen molar-refractivity contribution in [2.45, 2.75) is 12.5 Å².